The maximum Gasteiger partial charge on any atom is 0.104 e. The van der Waals surface area contributed by atoms with Crippen LogP contribution in [0, 0.1) is 0 Å². The van der Waals surface area contributed by atoms with Crippen LogP contribution in [0.4, 0.5) is 0 Å². The quantitative estimate of drug-likeness (QED) is 0.776. The third-order valence-corrected chi connectivity index (χ3v) is 4.63. The van der Waals surface area contributed by atoms with Gasteiger partial charge in [-0.05, 0) is 28.6 Å². The first-order valence-electron chi connectivity index (χ1n) is 8.44. The molecule has 0 aliphatic carbocycles. The molecule has 1 fully saturated rings. The van der Waals surface area contributed by atoms with E-state index in [1.165, 1.54) is 11.1 Å². The second-order valence-corrected chi connectivity index (χ2v) is 6.34. The molecular weight excluding hydrogens is 300 g/mol. The molecule has 1 unspecified atom stereocenters. The van der Waals surface area contributed by atoms with Gasteiger partial charge in [0, 0.05) is 30.8 Å². The number of H-pyrrole nitrogens is 1. The summed E-state index contributed by atoms with van der Waals surface area (Å²) in [7, 11) is 0. The molecule has 1 aromatic heterocycles. The van der Waals surface area contributed by atoms with Crippen molar-refractivity contribution in [2.45, 2.75) is 12.6 Å². The highest BCUT2D eigenvalue weighted by Gasteiger charge is 2.14. The molecule has 124 valence electrons. The maximum absolute atomic E-state index is 10.6. The van der Waals surface area contributed by atoms with E-state index in [2.05, 4.69) is 28.1 Å². The Hall–Kier alpha value is -2.14. The predicted octanol–water partition coefficient (Wildman–Crippen LogP) is 3.08. The molecule has 0 saturated carbocycles. The van der Waals surface area contributed by atoms with Crippen LogP contribution in [0.3, 0.4) is 0 Å². The summed E-state index contributed by atoms with van der Waals surface area (Å²) in [5.41, 5.74) is 4.11. The summed E-state index contributed by atoms with van der Waals surface area (Å²) in [6, 6.07) is 18.1. The van der Waals surface area contributed by atoms with Gasteiger partial charge in [0.05, 0.1) is 13.2 Å². The van der Waals surface area contributed by atoms with Gasteiger partial charge in [-0.15, -0.1) is 0 Å². The standard InChI is InChI=1S/C20H22N2O2/c23-20(15-4-2-1-3-5-15)17-7-6-16-12-18(21-19(16)13-17)14-22-8-10-24-11-9-22/h1-7,12-13,20-21,23H,8-11,14H2. The number of aromatic nitrogens is 1. The zero-order chi connectivity index (χ0) is 16.4. The monoisotopic (exact) mass is 322 g/mol. The number of aromatic amines is 1. The maximum atomic E-state index is 10.6. The molecule has 1 saturated heterocycles. The lowest BCUT2D eigenvalue weighted by atomic mass is 10.0. The van der Waals surface area contributed by atoms with Gasteiger partial charge in [-0.1, -0.05) is 42.5 Å². The van der Waals surface area contributed by atoms with Gasteiger partial charge in [-0.3, -0.25) is 4.90 Å². The van der Waals surface area contributed by atoms with Crippen LogP contribution in [0.2, 0.25) is 0 Å². The van der Waals surface area contributed by atoms with E-state index in [9.17, 15) is 5.11 Å². The number of nitrogens with zero attached hydrogens (tertiary/aromatic N) is 1. The number of aliphatic hydroxyl groups excluding tert-OH is 1. The van der Waals surface area contributed by atoms with E-state index < -0.39 is 6.10 Å². The van der Waals surface area contributed by atoms with Gasteiger partial charge < -0.3 is 14.8 Å². The third kappa shape index (κ3) is 3.22. The van der Waals surface area contributed by atoms with Crippen molar-refractivity contribution in [1.82, 2.24) is 9.88 Å². The first kappa shape index (κ1) is 15.4. The van der Waals surface area contributed by atoms with Crippen LogP contribution >= 0.6 is 0 Å². The summed E-state index contributed by atoms with van der Waals surface area (Å²) >= 11 is 0. The molecule has 1 aliphatic heterocycles. The lowest BCUT2D eigenvalue weighted by Gasteiger charge is -2.25. The SMILES string of the molecule is OC(c1ccccc1)c1ccc2cc(CN3CCOCC3)[nH]c2c1. The molecule has 1 aliphatic rings. The van der Waals surface area contributed by atoms with E-state index in [0.717, 1.165) is 49.5 Å². The first-order valence-corrected chi connectivity index (χ1v) is 8.44. The van der Waals surface area contributed by atoms with Crippen LogP contribution in [-0.2, 0) is 11.3 Å². The van der Waals surface area contributed by atoms with Gasteiger partial charge in [0.15, 0.2) is 0 Å². The van der Waals surface area contributed by atoms with Crippen molar-refractivity contribution in [2.75, 3.05) is 26.3 Å². The Morgan fingerprint density at radius 3 is 2.58 bits per heavy atom. The molecule has 0 bridgehead atoms. The van der Waals surface area contributed by atoms with E-state index in [-0.39, 0.29) is 0 Å². The van der Waals surface area contributed by atoms with E-state index in [1.807, 2.05) is 36.4 Å². The van der Waals surface area contributed by atoms with Crippen LogP contribution < -0.4 is 0 Å². The van der Waals surface area contributed by atoms with Crippen LogP contribution in [0.15, 0.2) is 54.6 Å². The Kier molecular flexibility index (Phi) is 4.34. The fourth-order valence-electron chi connectivity index (χ4n) is 3.29. The first-order chi connectivity index (χ1) is 11.8. The summed E-state index contributed by atoms with van der Waals surface area (Å²) in [5.74, 6) is 0. The highest BCUT2D eigenvalue weighted by molar-refractivity contribution is 5.81. The Labute approximate surface area is 141 Å². The Bertz CT molecular complexity index is 807. The molecule has 4 rings (SSSR count). The highest BCUT2D eigenvalue weighted by atomic mass is 16.5. The summed E-state index contributed by atoms with van der Waals surface area (Å²) in [4.78, 5) is 5.89. The van der Waals surface area contributed by atoms with Crippen molar-refractivity contribution in [2.24, 2.45) is 0 Å². The topological polar surface area (TPSA) is 48.5 Å². The van der Waals surface area contributed by atoms with Crippen LogP contribution in [-0.4, -0.2) is 41.3 Å². The van der Waals surface area contributed by atoms with E-state index >= 15 is 0 Å². The number of benzene rings is 2. The number of fused-ring (bicyclic) bond motifs is 1. The zero-order valence-electron chi connectivity index (χ0n) is 13.6. The van der Waals surface area contributed by atoms with E-state index in [0.29, 0.717) is 0 Å². The summed E-state index contributed by atoms with van der Waals surface area (Å²) < 4.78 is 5.40. The minimum Gasteiger partial charge on any atom is -0.384 e. The second-order valence-electron chi connectivity index (χ2n) is 6.34. The summed E-state index contributed by atoms with van der Waals surface area (Å²) in [5, 5.41) is 11.8. The van der Waals surface area contributed by atoms with Crippen molar-refractivity contribution < 1.29 is 9.84 Å². The Morgan fingerprint density at radius 1 is 1.00 bits per heavy atom. The second kappa shape index (κ2) is 6.77. The normalized spacial score (nSPS) is 17.2. The van der Waals surface area contributed by atoms with Gasteiger partial charge in [-0.25, -0.2) is 0 Å². The average molecular weight is 322 g/mol. The van der Waals surface area contributed by atoms with Gasteiger partial charge in [0.1, 0.15) is 6.10 Å². The van der Waals surface area contributed by atoms with Crippen LogP contribution in [0.25, 0.3) is 10.9 Å². The lowest BCUT2D eigenvalue weighted by molar-refractivity contribution is 0.0337. The third-order valence-electron chi connectivity index (χ3n) is 4.63. The van der Waals surface area contributed by atoms with Crippen molar-refractivity contribution in [1.29, 1.82) is 0 Å². The molecule has 2 heterocycles. The van der Waals surface area contributed by atoms with Crippen molar-refractivity contribution in [3.63, 3.8) is 0 Å². The minimum atomic E-state index is -0.596. The molecule has 1 atom stereocenters. The Balaban J connectivity index is 1.56. The van der Waals surface area contributed by atoms with Gasteiger partial charge in [0.25, 0.3) is 0 Å². The van der Waals surface area contributed by atoms with Crippen molar-refractivity contribution in [3.05, 3.63) is 71.4 Å². The van der Waals surface area contributed by atoms with E-state index in [4.69, 9.17) is 4.74 Å². The molecule has 3 aromatic rings. The number of morpholine rings is 1. The zero-order valence-corrected chi connectivity index (χ0v) is 13.6. The summed E-state index contributed by atoms with van der Waals surface area (Å²) in [6.07, 6.45) is -0.596. The molecule has 24 heavy (non-hydrogen) atoms. The van der Waals surface area contributed by atoms with Crippen molar-refractivity contribution >= 4 is 10.9 Å². The number of rotatable bonds is 4. The number of hydrogen-bond acceptors (Lipinski definition) is 3. The Morgan fingerprint density at radius 2 is 1.79 bits per heavy atom. The number of ether oxygens (including phenoxy) is 1. The minimum absolute atomic E-state index is 0.596. The van der Waals surface area contributed by atoms with Crippen molar-refractivity contribution in [3.8, 4) is 0 Å². The lowest BCUT2D eigenvalue weighted by Crippen LogP contribution is -2.35. The smallest absolute Gasteiger partial charge is 0.104 e. The molecule has 0 radical (unpaired) electrons. The predicted molar refractivity (Wildman–Crippen MR) is 94.9 cm³/mol. The van der Waals surface area contributed by atoms with Crippen LogP contribution in [0.5, 0.6) is 0 Å². The number of nitrogens with one attached hydrogen (secondary N) is 1. The highest BCUT2D eigenvalue weighted by Crippen LogP contribution is 2.26. The number of hydrogen-bond donors (Lipinski definition) is 2. The summed E-state index contributed by atoms with van der Waals surface area (Å²) in [6.45, 7) is 4.50. The fraction of sp³-hybridized carbons (Fsp3) is 0.300. The van der Waals surface area contributed by atoms with E-state index in [1.54, 1.807) is 0 Å². The molecule has 2 aromatic carbocycles. The molecule has 0 amide bonds. The van der Waals surface area contributed by atoms with Crippen LogP contribution in [0.1, 0.15) is 22.9 Å². The van der Waals surface area contributed by atoms with Gasteiger partial charge >= 0.3 is 0 Å². The fourth-order valence-corrected chi connectivity index (χ4v) is 3.29. The molecular formula is C20H22N2O2. The molecule has 4 heteroatoms. The van der Waals surface area contributed by atoms with Gasteiger partial charge in [0.2, 0.25) is 0 Å². The number of aliphatic hydroxyl groups is 1. The largest absolute Gasteiger partial charge is 0.384 e. The van der Waals surface area contributed by atoms with Gasteiger partial charge in [-0.2, -0.15) is 0 Å². The molecule has 2 N–H and O–H groups in total. The molecule has 4 nitrogen and oxygen atoms in total. The average Bonchev–Trinajstić information content (AvgIpc) is 3.04. The molecule has 0 spiro atoms.